The second kappa shape index (κ2) is 9.16. The summed E-state index contributed by atoms with van der Waals surface area (Å²) in [4.78, 5) is 11.7. The average molecular weight is 329 g/mol. The van der Waals surface area contributed by atoms with Crippen LogP contribution in [0, 0.1) is 0 Å². The molecule has 2 nitrogen and oxygen atoms in total. The molecule has 0 aromatic heterocycles. The van der Waals surface area contributed by atoms with E-state index >= 15 is 0 Å². The summed E-state index contributed by atoms with van der Waals surface area (Å²) in [5.74, 6) is -0.338. The maximum atomic E-state index is 11.7. The Labute approximate surface area is 133 Å². The van der Waals surface area contributed by atoms with Gasteiger partial charge in [-0.1, -0.05) is 23.7 Å². The van der Waals surface area contributed by atoms with Gasteiger partial charge < -0.3 is 4.74 Å². The van der Waals surface area contributed by atoms with Gasteiger partial charge in [-0.2, -0.15) is 0 Å². The molecule has 5 heteroatoms. The number of rotatable bonds is 6. The van der Waals surface area contributed by atoms with Crippen LogP contribution in [-0.2, 0) is 9.53 Å². The van der Waals surface area contributed by atoms with Gasteiger partial charge in [0, 0.05) is 15.3 Å². The van der Waals surface area contributed by atoms with Gasteiger partial charge >= 0.3 is 5.97 Å². The molecule has 0 saturated carbocycles. The van der Waals surface area contributed by atoms with E-state index in [4.69, 9.17) is 16.3 Å². The number of carbonyl (C=O) groups is 1. The van der Waals surface area contributed by atoms with Crippen molar-refractivity contribution in [2.24, 2.45) is 0 Å². The third-order valence-corrected chi connectivity index (χ3v) is 4.71. The average Bonchev–Trinajstić information content (AvgIpc) is 2.44. The Morgan fingerprint density at radius 1 is 1.20 bits per heavy atom. The molecule has 0 heterocycles. The second-order valence-electron chi connectivity index (χ2n) is 3.73. The molecule has 1 aromatic carbocycles. The van der Waals surface area contributed by atoms with Gasteiger partial charge in [0.15, 0.2) is 0 Å². The molecule has 0 unspecified atom stereocenters. The van der Waals surface area contributed by atoms with Gasteiger partial charge in [0.25, 0.3) is 0 Å². The third-order valence-electron chi connectivity index (χ3n) is 2.41. The summed E-state index contributed by atoms with van der Waals surface area (Å²) in [5, 5.41) is 0.670. The maximum absolute atomic E-state index is 11.7. The molecular weight excluding hydrogens is 312 g/mol. The van der Waals surface area contributed by atoms with Crippen LogP contribution in [0.2, 0.25) is 5.02 Å². The SMILES string of the molecule is CCOC(=O)/C=C(\C=C(SC)SC)c1ccc(Cl)cc1. The van der Waals surface area contributed by atoms with E-state index in [9.17, 15) is 4.79 Å². The van der Waals surface area contributed by atoms with Gasteiger partial charge in [0.1, 0.15) is 0 Å². The molecule has 0 spiro atoms. The molecule has 20 heavy (non-hydrogen) atoms. The number of thioether (sulfide) groups is 2. The zero-order valence-corrected chi connectivity index (χ0v) is 14.1. The van der Waals surface area contributed by atoms with Crippen molar-refractivity contribution >= 4 is 46.7 Å². The van der Waals surface area contributed by atoms with Gasteiger partial charge in [-0.3, -0.25) is 0 Å². The Morgan fingerprint density at radius 2 is 1.80 bits per heavy atom. The highest BCUT2D eigenvalue weighted by Crippen LogP contribution is 2.29. The largest absolute Gasteiger partial charge is 0.463 e. The second-order valence-corrected chi connectivity index (χ2v) is 6.12. The van der Waals surface area contributed by atoms with Crippen molar-refractivity contribution in [1.29, 1.82) is 0 Å². The van der Waals surface area contributed by atoms with E-state index in [-0.39, 0.29) is 5.97 Å². The standard InChI is InChI=1S/C15H17ClO2S2/c1-4-18-14(17)9-12(10-15(19-2)20-3)11-5-7-13(16)8-6-11/h5-10H,4H2,1-3H3/b12-9+. The molecule has 1 aromatic rings. The lowest BCUT2D eigenvalue weighted by atomic mass is 10.1. The predicted molar refractivity (Wildman–Crippen MR) is 91.2 cm³/mol. The number of esters is 1. The predicted octanol–water partition coefficient (Wildman–Crippen LogP) is 4.85. The van der Waals surface area contributed by atoms with Crippen molar-refractivity contribution in [3.05, 3.63) is 51.2 Å². The number of hydrogen-bond donors (Lipinski definition) is 0. The van der Waals surface area contributed by atoms with Crippen LogP contribution >= 0.6 is 35.1 Å². The first-order valence-electron chi connectivity index (χ1n) is 6.04. The highest BCUT2D eigenvalue weighted by Gasteiger charge is 2.05. The van der Waals surface area contributed by atoms with Crippen LogP contribution in [0.1, 0.15) is 12.5 Å². The Kier molecular flexibility index (Phi) is 7.88. The Balaban J connectivity index is 3.16. The fourth-order valence-corrected chi connectivity index (χ4v) is 2.77. The monoisotopic (exact) mass is 328 g/mol. The van der Waals surface area contributed by atoms with E-state index < -0.39 is 0 Å². The van der Waals surface area contributed by atoms with Gasteiger partial charge in [0.2, 0.25) is 0 Å². The first-order chi connectivity index (χ1) is 9.60. The van der Waals surface area contributed by atoms with Crippen LogP contribution in [0.25, 0.3) is 5.57 Å². The van der Waals surface area contributed by atoms with Crippen LogP contribution in [0.3, 0.4) is 0 Å². The summed E-state index contributed by atoms with van der Waals surface area (Å²) < 4.78 is 6.10. The summed E-state index contributed by atoms with van der Waals surface area (Å²) in [6, 6.07) is 7.40. The van der Waals surface area contributed by atoms with E-state index in [2.05, 4.69) is 0 Å². The first kappa shape index (κ1) is 17.2. The highest BCUT2D eigenvalue weighted by atomic mass is 35.5. The molecule has 0 aliphatic heterocycles. The summed E-state index contributed by atoms with van der Waals surface area (Å²) >= 11 is 9.18. The van der Waals surface area contributed by atoms with E-state index in [0.717, 1.165) is 15.4 Å². The minimum absolute atomic E-state index is 0.338. The minimum Gasteiger partial charge on any atom is -0.463 e. The molecule has 0 aliphatic rings. The zero-order chi connectivity index (χ0) is 15.0. The lowest BCUT2D eigenvalue weighted by molar-refractivity contribution is -0.137. The maximum Gasteiger partial charge on any atom is 0.331 e. The van der Waals surface area contributed by atoms with Crippen LogP contribution in [0.4, 0.5) is 0 Å². The molecule has 0 saturated heterocycles. The normalized spacial score (nSPS) is 11.1. The molecule has 0 atom stereocenters. The van der Waals surface area contributed by atoms with Crippen LogP contribution in [0.5, 0.6) is 0 Å². The van der Waals surface area contributed by atoms with E-state index in [1.165, 1.54) is 6.08 Å². The third kappa shape index (κ3) is 5.65. The Hall–Kier alpha value is -0.840. The van der Waals surface area contributed by atoms with Crippen LogP contribution in [-0.4, -0.2) is 25.1 Å². The number of carbonyl (C=O) groups excluding carboxylic acids is 1. The highest BCUT2D eigenvalue weighted by molar-refractivity contribution is 8.21. The Morgan fingerprint density at radius 3 is 2.30 bits per heavy atom. The molecule has 0 fully saturated rings. The zero-order valence-electron chi connectivity index (χ0n) is 11.7. The smallest absolute Gasteiger partial charge is 0.331 e. The summed E-state index contributed by atoms with van der Waals surface area (Å²) in [5.41, 5.74) is 1.75. The molecule has 0 amide bonds. The fourth-order valence-electron chi connectivity index (χ4n) is 1.49. The molecule has 0 bridgehead atoms. The van der Waals surface area contributed by atoms with Crippen LogP contribution in [0.15, 0.2) is 40.7 Å². The Bertz CT molecular complexity index is 501. The van der Waals surface area contributed by atoms with Crippen molar-refractivity contribution in [1.82, 2.24) is 0 Å². The van der Waals surface area contributed by atoms with Crippen molar-refractivity contribution in [2.45, 2.75) is 6.92 Å². The fraction of sp³-hybridized carbons (Fsp3) is 0.267. The summed E-state index contributed by atoms with van der Waals surface area (Å²) in [7, 11) is 0. The molecule has 1 rings (SSSR count). The molecule has 0 N–H and O–H groups in total. The number of hydrogen-bond acceptors (Lipinski definition) is 4. The van der Waals surface area contributed by atoms with E-state index in [1.54, 1.807) is 30.4 Å². The van der Waals surface area contributed by atoms with Crippen LogP contribution < -0.4 is 0 Å². The molecule has 0 aliphatic carbocycles. The first-order valence-corrected chi connectivity index (χ1v) is 8.87. The van der Waals surface area contributed by atoms with Crippen molar-refractivity contribution in [2.75, 3.05) is 19.1 Å². The van der Waals surface area contributed by atoms with Crippen molar-refractivity contribution in [3.63, 3.8) is 0 Å². The lowest BCUT2D eigenvalue weighted by Crippen LogP contribution is -2.00. The van der Waals surface area contributed by atoms with Gasteiger partial charge in [-0.05, 0) is 48.8 Å². The van der Waals surface area contributed by atoms with E-state index in [0.29, 0.717) is 11.6 Å². The van der Waals surface area contributed by atoms with Crippen molar-refractivity contribution < 1.29 is 9.53 Å². The minimum atomic E-state index is -0.338. The van der Waals surface area contributed by atoms with E-state index in [1.807, 2.05) is 42.9 Å². The number of benzene rings is 1. The number of ether oxygens (including phenoxy) is 1. The van der Waals surface area contributed by atoms with Gasteiger partial charge in [-0.15, -0.1) is 23.5 Å². The van der Waals surface area contributed by atoms with Crippen molar-refractivity contribution in [3.8, 4) is 0 Å². The van der Waals surface area contributed by atoms with Gasteiger partial charge in [0.05, 0.1) is 6.61 Å². The lowest BCUT2D eigenvalue weighted by Gasteiger charge is -2.06. The number of allylic oxidation sites excluding steroid dienone is 2. The summed E-state index contributed by atoms with van der Waals surface area (Å²) in [6.45, 7) is 2.16. The topological polar surface area (TPSA) is 26.3 Å². The molecule has 108 valence electrons. The number of halogens is 1. The quantitative estimate of drug-likeness (QED) is 0.423. The van der Waals surface area contributed by atoms with Gasteiger partial charge in [-0.25, -0.2) is 4.79 Å². The molecular formula is C15H17ClO2S2. The molecule has 0 radical (unpaired) electrons. The summed E-state index contributed by atoms with van der Waals surface area (Å²) in [6.07, 6.45) is 7.51.